The number of benzene rings is 1. The van der Waals surface area contributed by atoms with Crippen molar-refractivity contribution in [1.29, 1.82) is 5.26 Å². The quantitative estimate of drug-likeness (QED) is 0.794. The van der Waals surface area contributed by atoms with Crippen molar-refractivity contribution in [3.8, 4) is 11.9 Å². The smallest absolute Gasteiger partial charge is 0.232 e. The highest BCUT2D eigenvalue weighted by atomic mass is 16.5. The summed E-state index contributed by atoms with van der Waals surface area (Å²) in [6.45, 7) is 1.03. The Morgan fingerprint density at radius 2 is 2.16 bits per heavy atom. The molecule has 0 aliphatic carbocycles. The van der Waals surface area contributed by atoms with Gasteiger partial charge in [-0.25, -0.2) is 4.98 Å². The van der Waals surface area contributed by atoms with Crippen molar-refractivity contribution in [1.82, 2.24) is 14.9 Å². The third kappa shape index (κ3) is 2.92. The molecule has 1 amide bonds. The number of carbonyl (C=O) groups excluding carboxylic acids is 1. The van der Waals surface area contributed by atoms with E-state index in [0.29, 0.717) is 31.0 Å². The maximum atomic E-state index is 12.4. The van der Waals surface area contributed by atoms with Crippen LogP contribution in [0, 0.1) is 11.3 Å². The topological polar surface area (TPSA) is 82.0 Å². The zero-order chi connectivity index (χ0) is 17.2. The SMILES string of the molecule is N#Cc1cccnc1OC1CN(C(=O)Cc2c[nH]c3ccccc23)C1. The van der Waals surface area contributed by atoms with E-state index in [-0.39, 0.29) is 12.0 Å². The summed E-state index contributed by atoms with van der Waals surface area (Å²) in [5, 5.41) is 10.1. The number of amides is 1. The average Bonchev–Trinajstić information content (AvgIpc) is 3.01. The summed E-state index contributed by atoms with van der Waals surface area (Å²) in [6.07, 6.45) is 3.73. The molecule has 0 spiro atoms. The van der Waals surface area contributed by atoms with Crippen LogP contribution >= 0.6 is 0 Å². The number of pyridine rings is 1. The lowest BCUT2D eigenvalue weighted by molar-refractivity contribution is -0.139. The molecule has 2 aromatic heterocycles. The van der Waals surface area contributed by atoms with E-state index in [2.05, 4.69) is 16.0 Å². The molecule has 3 heterocycles. The number of para-hydroxylation sites is 1. The molecule has 0 bridgehead atoms. The van der Waals surface area contributed by atoms with Gasteiger partial charge in [0, 0.05) is 23.3 Å². The van der Waals surface area contributed by atoms with Gasteiger partial charge in [0.15, 0.2) is 0 Å². The summed E-state index contributed by atoms with van der Waals surface area (Å²) in [4.78, 5) is 21.5. The van der Waals surface area contributed by atoms with Gasteiger partial charge in [0.25, 0.3) is 0 Å². The fraction of sp³-hybridized carbons (Fsp3) is 0.211. The van der Waals surface area contributed by atoms with Crippen molar-refractivity contribution in [2.75, 3.05) is 13.1 Å². The number of hydrogen-bond donors (Lipinski definition) is 1. The monoisotopic (exact) mass is 332 g/mol. The van der Waals surface area contributed by atoms with Gasteiger partial charge in [-0.1, -0.05) is 18.2 Å². The van der Waals surface area contributed by atoms with E-state index >= 15 is 0 Å². The van der Waals surface area contributed by atoms with Crippen LogP contribution in [-0.2, 0) is 11.2 Å². The van der Waals surface area contributed by atoms with Crippen LogP contribution in [0.25, 0.3) is 10.9 Å². The molecule has 1 N–H and O–H groups in total. The van der Waals surface area contributed by atoms with E-state index in [1.807, 2.05) is 30.5 Å². The van der Waals surface area contributed by atoms with Gasteiger partial charge >= 0.3 is 0 Å². The highest BCUT2D eigenvalue weighted by Gasteiger charge is 2.33. The lowest BCUT2D eigenvalue weighted by Gasteiger charge is -2.38. The third-order valence-electron chi connectivity index (χ3n) is 4.39. The molecule has 1 fully saturated rings. The number of nitriles is 1. The number of H-pyrrole nitrogens is 1. The molecular weight excluding hydrogens is 316 g/mol. The van der Waals surface area contributed by atoms with Crippen LogP contribution in [0.5, 0.6) is 5.88 Å². The van der Waals surface area contributed by atoms with Crippen molar-refractivity contribution >= 4 is 16.8 Å². The molecular formula is C19H16N4O2. The van der Waals surface area contributed by atoms with Crippen molar-refractivity contribution in [3.63, 3.8) is 0 Å². The van der Waals surface area contributed by atoms with E-state index in [0.717, 1.165) is 16.5 Å². The summed E-state index contributed by atoms with van der Waals surface area (Å²) < 4.78 is 5.72. The minimum atomic E-state index is -0.117. The van der Waals surface area contributed by atoms with Gasteiger partial charge in [-0.05, 0) is 23.8 Å². The standard InChI is InChI=1S/C19H16N4O2/c20-9-13-4-3-7-21-19(13)25-15-11-23(12-15)18(24)8-14-10-22-17-6-2-1-5-16(14)17/h1-7,10,15,22H,8,11-12H2. The Labute approximate surface area is 144 Å². The Morgan fingerprint density at radius 1 is 1.32 bits per heavy atom. The van der Waals surface area contributed by atoms with Gasteiger partial charge in [-0.2, -0.15) is 5.26 Å². The fourth-order valence-electron chi connectivity index (χ4n) is 3.00. The van der Waals surface area contributed by atoms with Crippen molar-refractivity contribution in [3.05, 3.63) is 59.9 Å². The third-order valence-corrected chi connectivity index (χ3v) is 4.39. The zero-order valence-electron chi connectivity index (χ0n) is 13.5. The van der Waals surface area contributed by atoms with Crippen LogP contribution < -0.4 is 4.74 Å². The Balaban J connectivity index is 1.36. The summed E-state index contributed by atoms with van der Waals surface area (Å²) >= 11 is 0. The predicted molar refractivity (Wildman–Crippen MR) is 92.0 cm³/mol. The summed E-state index contributed by atoms with van der Waals surface area (Å²) in [6, 6.07) is 13.4. The van der Waals surface area contributed by atoms with E-state index in [1.165, 1.54) is 0 Å². The Hall–Kier alpha value is -3.33. The molecule has 25 heavy (non-hydrogen) atoms. The zero-order valence-corrected chi connectivity index (χ0v) is 13.5. The van der Waals surface area contributed by atoms with Crippen molar-refractivity contribution in [2.45, 2.75) is 12.5 Å². The van der Waals surface area contributed by atoms with Gasteiger partial charge in [-0.15, -0.1) is 0 Å². The van der Waals surface area contributed by atoms with Crippen LogP contribution in [0.3, 0.4) is 0 Å². The Kier molecular flexibility index (Phi) is 3.82. The maximum absolute atomic E-state index is 12.4. The fourth-order valence-corrected chi connectivity index (χ4v) is 3.00. The number of hydrogen-bond acceptors (Lipinski definition) is 4. The molecule has 6 heteroatoms. The second-order valence-corrected chi connectivity index (χ2v) is 6.04. The Bertz CT molecular complexity index is 967. The largest absolute Gasteiger partial charge is 0.470 e. The van der Waals surface area contributed by atoms with Crippen LogP contribution in [0.2, 0.25) is 0 Å². The lowest BCUT2D eigenvalue weighted by atomic mass is 10.1. The number of nitrogens with one attached hydrogen (secondary N) is 1. The molecule has 6 nitrogen and oxygen atoms in total. The number of rotatable bonds is 4. The van der Waals surface area contributed by atoms with Crippen LogP contribution in [0.15, 0.2) is 48.8 Å². The van der Waals surface area contributed by atoms with Crippen molar-refractivity contribution < 1.29 is 9.53 Å². The molecule has 3 aromatic rings. The maximum Gasteiger partial charge on any atom is 0.232 e. The second-order valence-electron chi connectivity index (χ2n) is 6.04. The highest BCUT2D eigenvalue weighted by Crippen LogP contribution is 2.22. The number of nitrogens with zero attached hydrogens (tertiary/aromatic N) is 3. The van der Waals surface area contributed by atoms with Crippen molar-refractivity contribution in [2.24, 2.45) is 0 Å². The summed E-state index contributed by atoms with van der Waals surface area (Å²) in [5.74, 6) is 0.407. The van der Waals surface area contributed by atoms with Crippen LogP contribution in [0.4, 0.5) is 0 Å². The first-order chi connectivity index (χ1) is 12.2. The average molecular weight is 332 g/mol. The molecule has 0 saturated carbocycles. The summed E-state index contributed by atoms with van der Waals surface area (Å²) in [7, 11) is 0. The van der Waals surface area contributed by atoms with Gasteiger partial charge in [0.1, 0.15) is 17.7 Å². The van der Waals surface area contributed by atoms with E-state index in [4.69, 9.17) is 10.00 Å². The molecule has 0 atom stereocenters. The minimum absolute atomic E-state index is 0.0751. The number of aromatic nitrogens is 2. The van der Waals surface area contributed by atoms with E-state index in [9.17, 15) is 4.79 Å². The van der Waals surface area contributed by atoms with Gasteiger partial charge in [0.2, 0.25) is 11.8 Å². The molecule has 124 valence electrons. The first-order valence-corrected chi connectivity index (χ1v) is 8.09. The predicted octanol–water partition coefficient (Wildman–Crippen LogP) is 2.27. The number of likely N-dealkylation sites (tertiary alicyclic amines) is 1. The van der Waals surface area contributed by atoms with Crippen LogP contribution in [0.1, 0.15) is 11.1 Å². The number of aromatic amines is 1. The van der Waals surface area contributed by atoms with Crippen LogP contribution in [-0.4, -0.2) is 40.0 Å². The second kappa shape index (κ2) is 6.29. The number of carbonyl (C=O) groups is 1. The summed E-state index contributed by atoms with van der Waals surface area (Å²) in [5.41, 5.74) is 2.45. The molecule has 1 saturated heterocycles. The number of ether oxygens (including phenoxy) is 1. The lowest BCUT2D eigenvalue weighted by Crippen LogP contribution is -2.56. The first kappa shape index (κ1) is 15.2. The van der Waals surface area contributed by atoms with Gasteiger partial charge in [0.05, 0.1) is 19.5 Å². The molecule has 1 aliphatic rings. The molecule has 0 radical (unpaired) electrons. The molecule has 1 aromatic carbocycles. The minimum Gasteiger partial charge on any atom is -0.470 e. The van der Waals surface area contributed by atoms with E-state index < -0.39 is 0 Å². The van der Waals surface area contributed by atoms with E-state index in [1.54, 1.807) is 23.2 Å². The van der Waals surface area contributed by atoms with Gasteiger partial charge < -0.3 is 14.6 Å². The van der Waals surface area contributed by atoms with Gasteiger partial charge in [-0.3, -0.25) is 4.79 Å². The molecule has 1 aliphatic heterocycles. The normalized spacial score (nSPS) is 14.1. The molecule has 0 unspecified atom stereocenters. The number of fused-ring (bicyclic) bond motifs is 1. The Morgan fingerprint density at radius 3 is 3.00 bits per heavy atom. The first-order valence-electron chi connectivity index (χ1n) is 8.09. The molecule has 4 rings (SSSR count). The highest BCUT2D eigenvalue weighted by molar-refractivity contribution is 5.89.